The van der Waals surface area contributed by atoms with E-state index in [0.717, 1.165) is 11.3 Å². The zero-order valence-corrected chi connectivity index (χ0v) is 35.0. The number of nitrogens with one attached hydrogen (secondary N) is 1. The maximum Gasteiger partial charge on any atom is 0.414 e. The zero-order valence-electron chi connectivity index (χ0n) is 34.0. The van der Waals surface area contributed by atoms with Gasteiger partial charge in [-0.25, -0.2) is 24.5 Å². The van der Waals surface area contributed by atoms with E-state index < -0.39 is 31.0 Å². The molecular weight excluding hydrogens is 701 g/mol. The molecule has 2 amide bonds. The number of piperazine rings is 1. The molecule has 0 radical (unpaired) electrons. The minimum absolute atomic E-state index is 0.00637. The normalized spacial score (nSPS) is 17.9. The smallest absolute Gasteiger partial charge is 0.414 e. The molecule has 0 spiro atoms. The van der Waals surface area contributed by atoms with Gasteiger partial charge in [0.2, 0.25) is 5.95 Å². The summed E-state index contributed by atoms with van der Waals surface area (Å²) < 4.78 is 18.1. The van der Waals surface area contributed by atoms with Gasteiger partial charge in [-0.05, 0) is 95.6 Å². The van der Waals surface area contributed by atoms with Crippen LogP contribution >= 0.6 is 0 Å². The van der Waals surface area contributed by atoms with E-state index in [1.54, 1.807) is 34.3 Å². The van der Waals surface area contributed by atoms with Crippen LogP contribution in [0.4, 0.5) is 32.7 Å². The quantitative estimate of drug-likeness (QED) is 0.233. The number of hydrogen-bond donors (Lipinski definition) is 1. The largest absolute Gasteiger partial charge is 0.444 e. The van der Waals surface area contributed by atoms with Crippen LogP contribution in [-0.4, -0.2) is 90.9 Å². The van der Waals surface area contributed by atoms with E-state index in [1.807, 2.05) is 59.7 Å². The summed E-state index contributed by atoms with van der Waals surface area (Å²) in [5.41, 5.74) is 2.13. The second-order valence-electron chi connectivity index (χ2n) is 18.0. The molecule has 1 N–H and O–H groups in total. The van der Waals surface area contributed by atoms with Gasteiger partial charge < -0.3 is 29.0 Å². The number of hydrogen-bond acceptors (Lipinski definition) is 11. The number of benzene rings is 1. The number of nitriles is 1. The van der Waals surface area contributed by atoms with Gasteiger partial charge in [0.05, 0.1) is 28.8 Å². The van der Waals surface area contributed by atoms with Gasteiger partial charge in [0.1, 0.15) is 23.1 Å². The first kappa shape index (κ1) is 40.4. The Kier molecular flexibility index (Phi) is 11.1. The van der Waals surface area contributed by atoms with Crippen LogP contribution in [0.25, 0.3) is 11.3 Å². The highest BCUT2D eigenvalue weighted by Crippen LogP contribution is 2.47. The number of anilines is 4. The predicted molar refractivity (Wildman–Crippen MR) is 214 cm³/mol. The molecule has 1 saturated heterocycles. The highest BCUT2D eigenvalue weighted by molar-refractivity contribution is 6.74. The number of nitrogens with zero attached hydrogens (tertiary/aromatic N) is 7. The molecular formula is C40H56N8O5Si. The molecule has 54 heavy (non-hydrogen) atoms. The Morgan fingerprint density at radius 3 is 2.15 bits per heavy atom. The van der Waals surface area contributed by atoms with E-state index in [-0.39, 0.29) is 11.1 Å². The summed E-state index contributed by atoms with van der Waals surface area (Å²) in [5, 5.41) is 13.7. The molecule has 0 aliphatic carbocycles. The van der Waals surface area contributed by atoms with Crippen LogP contribution in [0.1, 0.15) is 80.4 Å². The van der Waals surface area contributed by atoms with Crippen molar-refractivity contribution in [2.45, 2.75) is 104 Å². The number of carbonyl (C=O) groups excluding carboxylic acids is 2. The summed E-state index contributed by atoms with van der Waals surface area (Å²) in [4.78, 5) is 45.5. The SMILES string of the molecule is CC(C)(C)OC(=O)N1CCN(c2ccc(Nc3nccc(-c4cc(C#N)c5c(c4)C(C)(CO[Si](C)(C)C(C)(C)C)CN5C(=O)OC(C)(C)C)n3)nc2)CC1. The molecule has 1 unspecified atom stereocenters. The number of ether oxygens (including phenoxy) is 2. The molecule has 2 aromatic heterocycles. The Hall–Kier alpha value is -4.74. The Morgan fingerprint density at radius 2 is 1.57 bits per heavy atom. The van der Waals surface area contributed by atoms with Gasteiger partial charge >= 0.3 is 12.2 Å². The minimum atomic E-state index is -2.16. The van der Waals surface area contributed by atoms with E-state index in [1.165, 1.54) is 0 Å². The Bertz CT molecular complexity index is 1900. The maximum absolute atomic E-state index is 13.6. The molecule has 13 nitrogen and oxygen atoms in total. The van der Waals surface area contributed by atoms with Gasteiger partial charge in [-0.1, -0.05) is 27.7 Å². The Labute approximate surface area is 321 Å². The number of aromatic nitrogens is 3. The van der Waals surface area contributed by atoms with Crippen LogP contribution in [0.15, 0.2) is 42.7 Å². The molecule has 1 aromatic carbocycles. The van der Waals surface area contributed by atoms with Crippen molar-refractivity contribution in [3.8, 4) is 17.3 Å². The number of rotatable bonds is 7. The second-order valence-corrected chi connectivity index (χ2v) is 22.8. The van der Waals surface area contributed by atoms with E-state index >= 15 is 0 Å². The number of pyridine rings is 1. The van der Waals surface area contributed by atoms with Crippen molar-refractivity contribution in [3.63, 3.8) is 0 Å². The third-order valence-electron chi connectivity index (χ3n) is 10.1. The average molecular weight is 757 g/mol. The number of fused-ring (bicyclic) bond motifs is 1. The van der Waals surface area contributed by atoms with Gasteiger partial charge in [0.25, 0.3) is 0 Å². The zero-order chi connectivity index (χ0) is 39.9. The topological polar surface area (TPSA) is 146 Å². The third-order valence-corrected chi connectivity index (χ3v) is 14.5. The highest BCUT2D eigenvalue weighted by atomic mass is 28.4. The summed E-state index contributed by atoms with van der Waals surface area (Å²) in [6, 6.07) is 11.8. The highest BCUT2D eigenvalue weighted by Gasteiger charge is 2.47. The van der Waals surface area contributed by atoms with Crippen molar-refractivity contribution in [2.75, 3.05) is 54.4 Å². The number of carbonyl (C=O) groups is 2. The fraction of sp³-hybridized carbons (Fsp3) is 0.550. The van der Waals surface area contributed by atoms with Crippen LogP contribution in [-0.2, 0) is 19.3 Å². The maximum atomic E-state index is 13.6. The standard InChI is InChI=1S/C40H56N8O5Si/c1-37(2,3)52-35(49)47-19-17-46(18-20-47)29-13-14-32(43-24-29)45-34-42-16-15-31(44-34)27-21-28(23-41)33-30(22-27)40(10,26-51-54(11,12)39(7,8)9)25-48(33)36(50)53-38(4,5)6/h13-16,21-22,24H,17-20,25-26H2,1-12H3,(H,42,43,44,45). The minimum Gasteiger partial charge on any atom is -0.444 e. The molecule has 14 heteroatoms. The predicted octanol–water partition coefficient (Wildman–Crippen LogP) is 8.25. The van der Waals surface area contributed by atoms with Crippen molar-refractivity contribution in [3.05, 3.63) is 53.9 Å². The van der Waals surface area contributed by atoms with Crippen LogP contribution in [0, 0.1) is 11.3 Å². The fourth-order valence-electron chi connectivity index (χ4n) is 6.10. The number of amides is 2. The van der Waals surface area contributed by atoms with Crippen LogP contribution < -0.4 is 15.1 Å². The summed E-state index contributed by atoms with van der Waals surface area (Å²) in [7, 11) is -2.16. The lowest BCUT2D eigenvalue weighted by Crippen LogP contribution is -2.50. The van der Waals surface area contributed by atoms with Crippen molar-refractivity contribution in [1.82, 2.24) is 19.9 Å². The molecule has 5 rings (SSSR count). The Balaban J connectivity index is 1.38. The van der Waals surface area contributed by atoms with Crippen molar-refractivity contribution in [1.29, 1.82) is 5.26 Å². The third kappa shape index (κ3) is 9.30. The van der Waals surface area contributed by atoms with Gasteiger partial charge in [-0.2, -0.15) is 5.26 Å². The van der Waals surface area contributed by atoms with E-state index in [9.17, 15) is 14.9 Å². The molecule has 0 saturated carbocycles. The monoisotopic (exact) mass is 756 g/mol. The second kappa shape index (κ2) is 14.8. The first-order valence-electron chi connectivity index (χ1n) is 18.5. The first-order chi connectivity index (χ1) is 25.0. The van der Waals surface area contributed by atoms with Gasteiger partial charge in [-0.15, -0.1) is 0 Å². The summed E-state index contributed by atoms with van der Waals surface area (Å²) in [6.07, 6.45) is 2.66. The lowest BCUT2D eigenvalue weighted by atomic mass is 9.83. The van der Waals surface area contributed by atoms with E-state index in [2.05, 4.69) is 67.0 Å². The summed E-state index contributed by atoms with van der Waals surface area (Å²) in [6.45, 7) is 27.3. The molecule has 290 valence electrons. The van der Waals surface area contributed by atoms with Crippen LogP contribution in [0.3, 0.4) is 0 Å². The lowest BCUT2D eigenvalue weighted by molar-refractivity contribution is 0.0240. The van der Waals surface area contributed by atoms with Gasteiger partial charge in [0.15, 0.2) is 8.32 Å². The van der Waals surface area contributed by atoms with Crippen LogP contribution in [0.2, 0.25) is 18.1 Å². The lowest BCUT2D eigenvalue weighted by Gasteiger charge is -2.39. The van der Waals surface area contributed by atoms with Crippen molar-refractivity contribution >= 4 is 43.6 Å². The van der Waals surface area contributed by atoms with Gasteiger partial charge in [0, 0.05) is 56.5 Å². The molecule has 0 bridgehead atoms. The average Bonchev–Trinajstić information content (AvgIpc) is 3.38. The fourth-order valence-corrected chi connectivity index (χ4v) is 7.21. The van der Waals surface area contributed by atoms with Crippen molar-refractivity contribution < 1.29 is 23.5 Å². The molecule has 4 heterocycles. The molecule has 3 aromatic rings. The molecule has 1 fully saturated rings. The van der Waals surface area contributed by atoms with Crippen molar-refractivity contribution in [2.24, 2.45) is 0 Å². The first-order valence-corrected chi connectivity index (χ1v) is 21.4. The van der Waals surface area contributed by atoms with Crippen LogP contribution in [0.5, 0.6) is 0 Å². The summed E-state index contributed by atoms with van der Waals surface area (Å²) >= 11 is 0. The van der Waals surface area contributed by atoms with E-state index in [0.29, 0.717) is 73.6 Å². The Morgan fingerprint density at radius 1 is 0.926 bits per heavy atom. The molecule has 1 atom stereocenters. The molecule has 2 aliphatic rings. The van der Waals surface area contributed by atoms with E-state index in [4.69, 9.17) is 18.9 Å². The molecule has 2 aliphatic heterocycles. The van der Waals surface area contributed by atoms with Gasteiger partial charge in [-0.3, -0.25) is 4.90 Å². The summed E-state index contributed by atoms with van der Waals surface area (Å²) in [5.74, 6) is 0.912.